The van der Waals surface area contributed by atoms with Crippen LogP contribution >= 0.6 is 0 Å². The number of allylic oxidation sites excluding steroid dienone is 2. The highest BCUT2D eigenvalue weighted by Gasteiger charge is 2.02. The first-order valence-corrected chi connectivity index (χ1v) is 11.0. The molecular weight excluding hydrogens is 296 g/mol. The third kappa shape index (κ3) is 6.45. The molecule has 2 aromatic rings. The van der Waals surface area contributed by atoms with Gasteiger partial charge in [-0.05, 0) is 42.1 Å². The van der Waals surface area contributed by atoms with E-state index in [0.717, 1.165) is 25.2 Å². The molecule has 0 unspecified atom stereocenters. The van der Waals surface area contributed by atoms with Crippen LogP contribution in [0.4, 0.5) is 0 Å². The molecule has 0 aliphatic heterocycles. The molecule has 0 spiro atoms. The third-order valence-electron chi connectivity index (χ3n) is 3.85. The van der Waals surface area contributed by atoms with Gasteiger partial charge in [0, 0.05) is 8.80 Å². The molecular formula is C21H27OSi. The highest BCUT2D eigenvalue weighted by Crippen LogP contribution is 2.22. The van der Waals surface area contributed by atoms with Crippen molar-refractivity contribution in [3.05, 3.63) is 66.7 Å². The van der Waals surface area contributed by atoms with Crippen molar-refractivity contribution in [2.45, 2.75) is 38.4 Å². The zero-order valence-electron chi connectivity index (χ0n) is 14.3. The molecule has 0 bridgehead atoms. The normalized spacial score (nSPS) is 11.3. The molecule has 0 amide bonds. The fourth-order valence-corrected chi connectivity index (χ4v) is 4.01. The number of hydrogen-bond acceptors (Lipinski definition) is 1. The first-order chi connectivity index (χ1) is 11.3. The lowest BCUT2D eigenvalue weighted by Crippen LogP contribution is -2.07. The van der Waals surface area contributed by atoms with Gasteiger partial charge < -0.3 is 4.74 Å². The van der Waals surface area contributed by atoms with Crippen molar-refractivity contribution in [1.29, 1.82) is 0 Å². The average molecular weight is 324 g/mol. The Hall–Kier alpha value is -1.80. The van der Waals surface area contributed by atoms with E-state index in [1.807, 2.05) is 6.07 Å². The second kappa shape index (κ2) is 10.1. The summed E-state index contributed by atoms with van der Waals surface area (Å²) in [7, 11) is -0.225. The predicted octanol–water partition coefficient (Wildman–Crippen LogP) is 6.21. The predicted molar refractivity (Wildman–Crippen MR) is 103 cm³/mol. The topological polar surface area (TPSA) is 9.23 Å². The molecule has 0 aromatic heterocycles. The van der Waals surface area contributed by atoms with E-state index in [1.54, 1.807) is 0 Å². The van der Waals surface area contributed by atoms with Crippen LogP contribution in [0, 0.1) is 0 Å². The Labute approximate surface area is 142 Å². The number of rotatable bonds is 9. The van der Waals surface area contributed by atoms with E-state index >= 15 is 0 Å². The zero-order valence-corrected chi connectivity index (χ0v) is 15.3. The Morgan fingerprint density at radius 1 is 0.913 bits per heavy atom. The van der Waals surface area contributed by atoms with Crippen LogP contribution in [0.15, 0.2) is 66.7 Å². The van der Waals surface area contributed by atoms with E-state index in [1.165, 1.54) is 23.2 Å². The largest absolute Gasteiger partial charge is 0.494 e. The SMILES string of the molecule is CCC=CC[Si](C)CCCOc1ccc(-c2ccccc2)cc1. The van der Waals surface area contributed by atoms with E-state index in [2.05, 4.69) is 74.2 Å². The summed E-state index contributed by atoms with van der Waals surface area (Å²) in [5, 5.41) is 0. The molecule has 0 atom stereocenters. The number of benzene rings is 2. The summed E-state index contributed by atoms with van der Waals surface area (Å²) in [6, 6.07) is 21.5. The smallest absolute Gasteiger partial charge is 0.119 e. The minimum Gasteiger partial charge on any atom is -0.494 e. The van der Waals surface area contributed by atoms with Gasteiger partial charge in [-0.15, -0.1) is 0 Å². The van der Waals surface area contributed by atoms with Crippen molar-refractivity contribution < 1.29 is 4.74 Å². The van der Waals surface area contributed by atoms with Crippen LogP contribution in [-0.4, -0.2) is 15.4 Å². The number of hydrogen-bond donors (Lipinski definition) is 0. The van der Waals surface area contributed by atoms with Gasteiger partial charge in [0.2, 0.25) is 0 Å². The monoisotopic (exact) mass is 323 g/mol. The van der Waals surface area contributed by atoms with Gasteiger partial charge in [-0.25, -0.2) is 0 Å². The molecule has 0 saturated heterocycles. The molecule has 2 aromatic carbocycles. The van der Waals surface area contributed by atoms with E-state index in [0.29, 0.717) is 0 Å². The van der Waals surface area contributed by atoms with Crippen molar-refractivity contribution >= 4 is 8.80 Å². The maximum Gasteiger partial charge on any atom is 0.119 e. The van der Waals surface area contributed by atoms with Crippen LogP contribution in [0.25, 0.3) is 11.1 Å². The van der Waals surface area contributed by atoms with Gasteiger partial charge in [0.1, 0.15) is 5.75 Å². The molecule has 121 valence electrons. The second-order valence-corrected chi connectivity index (χ2v) is 8.71. The summed E-state index contributed by atoms with van der Waals surface area (Å²) in [5.41, 5.74) is 2.48. The Morgan fingerprint density at radius 3 is 2.30 bits per heavy atom. The Kier molecular flexibility index (Phi) is 7.68. The van der Waals surface area contributed by atoms with Crippen LogP contribution in [0.1, 0.15) is 19.8 Å². The fraction of sp³-hybridized carbons (Fsp3) is 0.333. The van der Waals surface area contributed by atoms with Gasteiger partial charge in [-0.3, -0.25) is 0 Å². The summed E-state index contributed by atoms with van der Waals surface area (Å²) in [6.07, 6.45) is 6.93. The minimum absolute atomic E-state index is 0.225. The third-order valence-corrected chi connectivity index (χ3v) is 5.99. The Bertz CT molecular complexity index is 575. The van der Waals surface area contributed by atoms with Crippen molar-refractivity contribution in [2.75, 3.05) is 6.61 Å². The molecule has 0 aliphatic carbocycles. The summed E-state index contributed by atoms with van der Waals surface area (Å²) in [5.74, 6) is 0.973. The van der Waals surface area contributed by atoms with Gasteiger partial charge in [-0.1, -0.05) is 74.1 Å². The summed E-state index contributed by atoms with van der Waals surface area (Å²) in [6.45, 7) is 5.43. The lowest BCUT2D eigenvalue weighted by Gasteiger charge is -2.09. The average Bonchev–Trinajstić information content (AvgIpc) is 2.60. The molecule has 2 rings (SSSR count). The molecule has 2 heteroatoms. The van der Waals surface area contributed by atoms with Gasteiger partial charge in [-0.2, -0.15) is 0 Å². The molecule has 0 heterocycles. The number of ether oxygens (including phenoxy) is 1. The zero-order chi connectivity index (χ0) is 16.3. The van der Waals surface area contributed by atoms with Crippen molar-refractivity contribution in [3.63, 3.8) is 0 Å². The van der Waals surface area contributed by atoms with Crippen LogP contribution in [-0.2, 0) is 0 Å². The lowest BCUT2D eigenvalue weighted by molar-refractivity contribution is 0.317. The Balaban J connectivity index is 1.71. The van der Waals surface area contributed by atoms with E-state index < -0.39 is 0 Å². The van der Waals surface area contributed by atoms with Crippen molar-refractivity contribution in [1.82, 2.24) is 0 Å². The first kappa shape index (κ1) is 17.5. The van der Waals surface area contributed by atoms with Gasteiger partial charge in [0.15, 0.2) is 0 Å². The lowest BCUT2D eigenvalue weighted by atomic mass is 10.1. The van der Waals surface area contributed by atoms with E-state index in [-0.39, 0.29) is 8.80 Å². The van der Waals surface area contributed by atoms with Crippen LogP contribution in [0.2, 0.25) is 18.6 Å². The van der Waals surface area contributed by atoms with Crippen LogP contribution in [0.5, 0.6) is 5.75 Å². The van der Waals surface area contributed by atoms with Crippen LogP contribution in [0.3, 0.4) is 0 Å². The van der Waals surface area contributed by atoms with Gasteiger partial charge >= 0.3 is 0 Å². The maximum absolute atomic E-state index is 5.87. The quantitative estimate of drug-likeness (QED) is 0.303. The highest BCUT2D eigenvalue weighted by molar-refractivity contribution is 6.57. The second-order valence-electron chi connectivity index (χ2n) is 5.88. The van der Waals surface area contributed by atoms with Gasteiger partial charge in [0.05, 0.1) is 6.61 Å². The molecule has 1 nitrogen and oxygen atoms in total. The molecule has 23 heavy (non-hydrogen) atoms. The molecule has 1 radical (unpaired) electrons. The summed E-state index contributed by atoms with van der Waals surface area (Å²) >= 11 is 0. The minimum atomic E-state index is -0.225. The highest BCUT2D eigenvalue weighted by atomic mass is 28.3. The van der Waals surface area contributed by atoms with Crippen LogP contribution < -0.4 is 4.74 Å². The maximum atomic E-state index is 5.87. The fourth-order valence-electron chi connectivity index (χ4n) is 2.49. The summed E-state index contributed by atoms with van der Waals surface area (Å²) < 4.78 is 5.87. The molecule has 0 fully saturated rings. The Morgan fingerprint density at radius 2 is 1.61 bits per heavy atom. The van der Waals surface area contributed by atoms with E-state index in [4.69, 9.17) is 4.74 Å². The van der Waals surface area contributed by atoms with Crippen molar-refractivity contribution in [2.24, 2.45) is 0 Å². The summed E-state index contributed by atoms with van der Waals surface area (Å²) in [4.78, 5) is 0. The molecule has 0 N–H and O–H groups in total. The van der Waals surface area contributed by atoms with Crippen molar-refractivity contribution in [3.8, 4) is 16.9 Å². The first-order valence-electron chi connectivity index (χ1n) is 8.54. The molecule has 0 saturated carbocycles. The molecule has 0 aliphatic rings. The standard InChI is InChI=1S/C21H27OSi/c1-3-4-8-17-23(2)18-9-16-22-21-14-12-20(13-15-21)19-10-6-5-7-11-19/h4-8,10-15H,3,9,16-18H2,1-2H3. The van der Waals surface area contributed by atoms with E-state index in [9.17, 15) is 0 Å². The van der Waals surface area contributed by atoms with Gasteiger partial charge in [0.25, 0.3) is 0 Å².